The van der Waals surface area contributed by atoms with E-state index < -0.39 is 120 Å². The van der Waals surface area contributed by atoms with Crippen molar-refractivity contribution in [2.45, 2.75) is 121 Å². The van der Waals surface area contributed by atoms with Gasteiger partial charge in [-0.2, -0.15) is 52.7 Å². The normalized spacial score (nSPS) is 14.8. The highest BCUT2D eigenvalue weighted by Gasteiger charge is 2.41. The van der Waals surface area contributed by atoms with E-state index in [0.29, 0.717) is 56.7 Å². The summed E-state index contributed by atoms with van der Waals surface area (Å²) in [6, 6.07) is 12.0. The fourth-order valence-electron chi connectivity index (χ4n) is 7.32. The van der Waals surface area contributed by atoms with E-state index in [-0.39, 0.29) is 50.6 Å². The van der Waals surface area contributed by atoms with Gasteiger partial charge < -0.3 is 79.1 Å². The van der Waals surface area contributed by atoms with Crippen molar-refractivity contribution < 1.29 is 131 Å². The molecule has 16 N–H and O–H groups in total. The predicted octanol–water partition coefficient (Wildman–Crippen LogP) is 1.55. The van der Waals surface area contributed by atoms with Crippen LogP contribution in [0.15, 0.2) is 60.7 Å². The molecule has 0 unspecified atom stereocenters. The number of nitrogens with one attached hydrogen (secondary N) is 9. The first-order chi connectivity index (χ1) is 43.4. The number of aliphatic carboxylic acids is 5. The van der Waals surface area contributed by atoms with Crippen LogP contribution in [0.5, 0.6) is 0 Å². The summed E-state index contributed by atoms with van der Waals surface area (Å²) in [5, 5.41) is 64.9. The quantitative estimate of drug-likeness (QED) is 0.0495. The van der Waals surface area contributed by atoms with Crippen molar-refractivity contribution in [3.63, 3.8) is 0 Å². The van der Waals surface area contributed by atoms with E-state index in [1.807, 2.05) is 24.8 Å². The van der Waals surface area contributed by atoms with Gasteiger partial charge in [0.15, 0.2) is 0 Å². The van der Waals surface area contributed by atoms with E-state index in [2.05, 4.69) is 47.9 Å². The minimum Gasteiger partial charge on any atom is -0.480 e. The molecule has 534 valence electrons. The lowest BCUT2D eigenvalue weighted by molar-refractivity contribution is -0.193. The molecule has 2 aromatic rings. The first-order valence-corrected chi connectivity index (χ1v) is 28.3. The summed E-state index contributed by atoms with van der Waals surface area (Å²) < 4.78 is 127. The van der Waals surface area contributed by atoms with Crippen LogP contribution in [0.4, 0.5) is 52.7 Å². The Morgan fingerprint density at radius 1 is 0.479 bits per heavy atom. The van der Waals surface area contributed by atoms with Gasteiger partial charge in [0.1, 0.15) is 30.2 Å². The second kappa shape index (κ2) is 45.0. The van der Waals surface area contributed by atoms with Crippen LogP contribution in [0.3, 0.4) is 0 Å². The zero-order chi connectivity index (χ0) is 72.6. The molecule has 0 spiro atoms. The highest BCUT2D eigenvalue weighted by Crippen LogP contribution is 2.17. The molecule has 5 atom stereocenters. The molecule has 2 aromatic carbocycles. The Kier molecular flexibility index (Phi) is 41.9. The molecule has 1 saturated heterocycles. The molecular formula is C55H79F12N11O16. The number of carboxylic acids is 5. The van der Waals surface area contributed by atoms with Gasteiger partial charge in [-0.05, 0) is 55.2 Å². The Balaban J connectivity index is 0. The molecule has 0 radical (unpaired) electrons. The molecule has 0 aliphatic carbocycles. The molecule has 1 aliphatic heterocycles. The van der Waals surface area contributed by atoms with Crippen molar-refractivity contribution >= 4 is 65.3 Å². The predicted molar refractivity (Wildman–Crippen MR) is 308 cm³/mol. The van der Waals surface area contributed by atoms with Gasteiger partial charge in [-0.3, -0.25) is 33.7 Å². The second-order valence-electron chi connectivity index (χ2n) is 20.7. The standard InChI is InChI=1S/C47H75N11O8.4C2HF3O2/c1-32(2)27-37(54-43(61)36(17-11-12-18-48)53-40(59)30-52-41(60)31-58-25-23-50-21-19-49-20-22-51-24-26-58)45(63)57-42(33(3)4)46(64)55-38(28-34-13-7-5-8-14-34)44(62)56-39(47(65)66)29-35-15-9-6-10-16-35;4*3-2(4,5)1(6)7/h5-10,13-16,32-33,36-39,42,49-51H,11-12,17-31,48H2,1-4H3,(H,52,60)(H,53,59)(H,54,61)(H,55,64)(H,56,62)(H,57,63)(H,65,66);4*(H,6,7)/t36-,37-,38-,39-,42-;;;;/m0..../s1. The first kappa shape index (κ1) is 87.6. The summed E-state index contributed by atoms with van der Waals surface area (Å²) in [7, 11) is 0. The van der Waals surface area contributed by atoms with Crippen molar-refractivity contribution in [3.05, 3.63) is 71.8 Å². The van der Waals surface area contributed by atoms with Gasteiger partial charge in [-0.25, -0.2) is 24.0 Å². The summed E-state index contributed by atoms with van der Waals surface area (Å²) in [6.45, 7) is 13.3. The van der Waals surface area contributed by atoms with E-state index in [1.165, 1.54) is 0 Å². The number of rotatable bonds is 25. The highest BCUT2D eigenvalue weighted by atomic mass is 19.4. The van der Waals surface area contributed by atoms with Crippen LogP contribution in [0.1, 0.15) is 64.5 Å². The van der Waals surface area contributed by atoms with Gasteiger partial charge >= 0.3 is 54.6 Å². The van der Waals surface area contributed by atoms with Gasteiger partial charge in [0, 0.05) is 65.2 Å². The summed E-state index contributed by atoms with van der Waals surface area (Å²) in [6.07, 6.45) is -18.8. The van der Waals surface area contributed by atoms with Crippen molar-refractivity contribution in [1.29, 1.82) is 0 Å². The zero-order valence-corrected chi connectivity index (χ0v) is 51.1. The van der Waals surface area contributed by atoms with Gasteiger partial charge in [-0.1, -0.05) is 88.4 Å². The van der Waals surface area contributed by atoms with Crippen LogP contribution in [-0.4, -0.2) is 223 Å². The molecule has 1 fully saturated rings. The van der Waals surface area contributed by atoms with Crippen LogP contribution in [0.2, 0.25) is 0 Å². The number of benzene rings is 2. The van der Waals surface area contributed by atoms with E-state index >= 15 is 0 Å². The molecule has 1 aliphatic rings. The monoisotopic (exact) mass is 1380 g/mol. The van der Waals surface area contributed by atoms with Crippen molar-refractivity contribution in [2.24, 2.45) is 17.6 Å². The van der Waals surface area contributed by atoms with Gasteiger partial charge in [0.2, 0.25) is 35.4 Å². The van der Waals surface area contributed by atoms with Crippen LogP contribution in [0.25, 0.3) is 0 Å². The minimum absolute atomic E-state index is 0.0175. The van der Waals surface area contributed by atoms with Gasteiger partial charge in [0.05, 0.1) is 13.1 Å². The third-order valence-electron chi connectivity index (χ3n) is 11.9. The molecule has 39 heteroatoms. The Labute approximate surface area is 530 Å². The molecular weight excluding hydrogens is 1300 g/mol. The van der Waals surface area contributed by atoms with Gasteiger partial charge in [-0.15, -0.1) is 0 Å². The maximum Gasteiger partial charge on any atom is 0.490 e. The third kappa shape index (κ3) is 42.7. The summed E-state index contributed by atoms with van der Waals surface area (Å²) in [4.78, 5) is 132. The zero-order valence-electron chi connectivity index (χ0n) is 51.1. The van der Waals surface area contributed by atoms with Crippen LogP contribution in [0, 0.1) is 11.8 Å². The van der Waals surface area contributed by atoms with Crippen molar-refractivity contribution in [1.82, 2.24) is 52.8 Å². The number of carbonyl (C=O) groups excluding carboxylic acids is 6. The topological polar surface area (TPSA) is 426 Å². The molecule has 0 saturated carbocycles. The molecule has 27 nitrogen and oxygen atoms in total. The molecule has 0 bridgehead atoms. The van der Waals surface area contributed by atoms with E-state index in [9.17, 15) is 91.4 Å². The largest absolute Gasteiger partial charge is 0.490 e. The lowest BCUT2D eigenvalue weighted by atomic mass is 9.98. The van der Waals surface area contributed by atoms with Crippen molar-refractivity contribution in [2.75, 3.05) is 72.0 Å². The number of nitrogens with zero attached hydrogens (tertiary/aromatic N) is 1. The number of hydrogen-bond acceptors (Lipinski definition) is 16. The fraction of sp³-hybridized carbons (Fsp3) is 0.582. The molecule has 6 amide bonds. The molecule has 3 rings (SSSR count). The Morgan fingerprint density at radius 2 is 0.840 bits per heavy atom. The lowest BCUT2D eigenvalue weighted by Crippen LogP contribution is -2.60. The number of carboxylic acid groups (broad SMARTS) is 5. The van der Waals surface area contributed by atoms with E-state index in [1.54, 1.807) is 68.4 Å². The maximum atomic E-state index is 14.1. The molecule has 94 heavy (non-hydrogen) atoms. The first-order valence-electron chi connectivity index (χ1n) is 28.3. The van der Waals surface area contributed by atoms with E-state index in [4.69, 9.17) is 45.3 Å². The number of unbranched alkanes of at least 4 members (excludes halogenated alkanes) is 1. The number of amides is 6. The highest BCUT2D eigenvalue weighted by molar-refractivity contribution is 5.96. The van der Waals surface area contributed by atoms with Crippen LogP contribution >= 0.6 is 0 Å². The summed E-state index contributed by atoms with van der Waals surface area (Å²) in [5.74, 6) is -16.4. The van der Waals surface area contributed by atoms with Crippen LogP contribution < -0.4 is 53.6 Å². The number of halogens is 12. The maximum absolute atomic E-state index is 14.1. The van der Waals surface area contributed by atoms with E-state index in [0.717, 1.165) is 26.2 Å². The average Bonchev–Trinajstić information content (AvgIpc) is 0.868. The average molecular weight is 1380 g/mol. The number of alkyl halides is 12. The SMILES string of the molecule is CC(C)C[C@H](NC(=O)[C@H](CCCCN)NC(=O)CNC(=O)CN1CCNCCNCCNCC1)C(=O)N[C@H](C(=O)N[C@@H](Cc1ccccc1)C(=O)N[C@@H](Cc1ccccc1)C(=O)O)C(C)C.O=C(O)C(F)(F)F.O=C(O)C(F)(F)F.O=C(O)C(F)(F)F.O=C(O)C(F)(F)F. The minimum atomic E-state index is -5.08. The fourth-order valence-corrected chi connectivity index (χ4v) is 7.32. The molecule has 0 aromatic heterocycles. The van der Waals surface area contributed by atoms with Crippen LogP contribution in [-0.2, 0) is 65.6 Å². The number of nitrogens with two attached hydrogens (primary N) is 1. The second-order valence-corrected chi connectivity index (χ2v) is 20.7. The number of hydrogen-bond donors (Lipinski definition) is 15. The smallest absolute Gasteiger partial charge is 0.480 e. The van der Waals surface area contributed by atoms with Crippen molar-refractivity contribution in [3.8, 4) is 0 Å². The Morgan fingerprint density at radius 3 is 1.21 bits per heavy atom. The molecule has 1 heterocycles. The Hall–Kier alpha value is -8.43. The lowest BCUT2D eigenvalue weighted by Gasteiger charge is -2.29. The van der Waals surface area contributed by atoms with Gasteiger partial charge in [0.25, 0.3) is 0 Å². The Bertz CT molecular complexity index is 2550. The summed E-state index contributed by atoms with van der Waals surface area (Å²) >= 11 is 0. The summed E-state index contributed by atoms with van der Waals surface area (Å²) in [5.41, 5.74) is 7.15. The number of carbonyl (C=O) groups is 11. The third-order valence-corrected chi connectivity index (χ3v) is 11.9.